The Bertz CT molecular complexity index is 247. The molecule has 0 N–H and O–H groups in total. The minimum absolute atomic E-state index is 0.240. The molecule has 0 saturated carbocycles. The second kappa shape index (κ2) is 2.06. The molecule has 0 aliphatic carbocycles. The van der Waals surface area contributed by atoms with Gasteiger partial charge in [0, 0.05) is 18.0 Å². The largest absolute Gasteiger partial charge is 0.369 e. The van der Waals surface area contributed by atoms with Crippen LogP contribution < -0.4 is 0 Å². The first-order valence-electron chi connectivity index (χ1n) is 3.42. The van der Waals surface area contributed by atoms with Gasteiger partial charge in [-0.3, -0.25) is 4.98 Å². The van der Waals surface area contributed by atoms with E-state index in [0.717, 1.165) is 6.61 Å². The molecule has 0 fully saturated rings. The number of pyridine rings is 1. The maximum Gasteiger partial charge on any atom is 0.0819 e. The molecule has 1 aromatic heterocycles. The Morgan fingerprint density at radius 1 is 1.70 bits per heavy atom. The summed E-state index contributed by atoms with van der Waals surface area (Å²) >= 11 is 0. The van der Waals surface area contributed by atoms with Crippen LogP contribution in [0.25, 0.3) is 0 Å². The second-order valence-corrected chi connectivity index (χ2v) is 2.53. The molecule has 2 heteroatoms. The number of hydrogen-bond acceptors (Lipinski definition) is 2. The van der Waals surface area contributed by atoms with E-state index < -0.39 is 0 Å². The molecular formula is C8H9NO. The Morgan fingerprint density at radius 3 is 3.40 bits per heavy atom. The lowest BCUT2D eigenvalue weighted by Gasteiger charge is -1.99. The molecule has 2 nitrogen and oxygen atoms in total. The van der Waals surface area contributed by atoms with Gasteiger partial charge in [-0.15, -0.1) is 0 Å². The van der Waals surface area contributed by atoms with Crippen molar-refractivity contribution in [2.24, 2.45) is 0 Å². The molecule has 0 bridgehead atoms. The lowest BCUT2D eigenvalue weighted by atomic mass is 10.1. The summed E-state index contributed by atoms with van der Waals surface area (Å²) in [6.07, 6.45) is 3.93. The number of rotatable bonds is 0. The molecule has 1 aliphatic heterocycles. The van der Waals surface area contributed by atoms with Gasteiger partial charge in [-0.2, -0.15) is 0 Å². The van der Waals surface area contributed by atoms with Gasteiger partial charge in [0.1, 0.15) is 0 Å². The number of hydrogen-bond donors (Lipinski definition) is 0. The quantitative estimate of drug-likeness (QED) is 0.540. The summed E-state index contributed by atoms with van der Waals surface area (Å²) in [6.45, 7) is 2.80. The summed E-state index contributed by atoms with van der Waals surface area (Å²) in [7, 11) is 0. The third-order valence-corrected chi connectivity index (χ3v) is 1.87. The topological polar surface area (TPSA) is 22.1 Å². The lowest BCUT2D eigenvalue weighted by molar-refractivity contribution is 0.0795. The average Bonchev–Trinajstić information content (AvgIpc) is 2.34. The first-order chi connectivity index (χ1) is 4.88. The van der Waals surface area contributed by atoms with Crippen LogP contribution in [0, 0.1) is 0 Å². The van der Waals surface area contributed by atoms with Gasteiger partial charge >= 0.3 is 0 Å². The summed E-state index contributed by atoms with van der Waals surface area (Å²) in [5.74, 6) is 0. The van der Waals surface area contributed by atoms with E-state index in [1.807, 2.05) is 19.2 Å². The van der Waals surface area contributed by atoms with E-state index in [4.69, 9.17) is 4.74 Å². The van der Waals surface area contributed by atoms with Crippen LogP contribution >= 0.6 is 0 Å². The first-order valence-corrected chi connectivity index (χ1v) is 3.42. The molecule has 0 amide bonds. The standard InChI is InChI=1S/C8H9NO/c1-6-8-4-9-3-2-7(8)5-10-6/h2-4,6H,5H2,1H3/t6-/m1/s1. The monoisotopic (exact) mass is 135 g/mol. The highest BCUT2D eigenvalue weighted by Crippen LogP contribution is 2.28. The molecule has 1 aliphatic rings. The molecule has 2 heterocycles. The predicted molar refractivity (Wildman–Crippen MR) is 37.4 cm³/mol. The van der Waals surface area contributed by atoms with Gasteiger partial charge in [-0.25, -0.2) is 0 Å². The van der Waals surface area contributed by atoms with Crippen molar-refractivity contribution in [3.8, 4) is 0 Å². The van der Waals surface area contributed by atoms with Crippen molar-refractivity contribution in [1.29, 1.82) is 0 Å². The minimum Gasteiger partial charge on any atom is -0.369 e. The Morgan fingerprint density at radius 2 is 2.60 bits per heavy atom. The molecule has 0 spiro atoms. The van der Waals surface area contributed by atoms with E-state index in [9.17, 15) is 0 Å². The Hall–Kier alpha value is -0.890. The lowest BCUT2D eigenvalue weighted by Crippen LogP contribution is -1.87. The van der Waals surface area contributed by atoms with E-state index in [-0.39, 0.29) is 6.10 Å². The van der Waals surface area contributed by atoms with Crippen molar-refractivity contribution >= 4 is 0 Å². The molecule has 10 heavy (non-hydrogen) atoms. The zero-order chi connectivity index (χ0) is 6.97. The second-order valence-electron chi connectivity index (χ2n) is 2.53. The molecule has 0 unspecified atom stereocenters. The molecule has 0 radical (unpaired) electrons. The number of nitrogens with zero attached hydrogens (tertiary/aromatic N) is 1. The van der Waals surface area contributed by atoms with Gasteiger partial charge in [-0.1, -0.05) is 0 Å². The summed E-state index contributed by atoms with van der Waals surface area (Å²) in [6, 6.07) is 2.01. The van der Waals surface area contributed by atoms with E-state index in [1.165, 1.54) is 11.1 Å². The normalized spacial score (nSPS) is 22.7. The smallest absolute Gasteiger partial charge is 0.0819 e. The maximum atomic E-state index is 5.38. The zero-order valence-electron chi connectivity index (χ0n) is 5.87. The number of fused-ring (bicyclic) bond motifs is 1. The third-order valence-electron chi connectivity index (χ3n) is 1.87. The van der Waals surface area contributed by atoms with Gasteiger partial charge in [0.05, 0.1) is 12.7 Å². The number of ether oxygens (including phenoxy) is 1. The summed E-state index contributed by atoms with van der Waals surface area (Å²) in [5, 5.41) is 0. The van der Waals surface area contributed by atoms with E-state index >= 15 is 0 Å². The fraction of sp³-hybridized carbons (Fsp3) is 0.375. The van der Waals surface area contributed by atoms with Crippen molar-refractivity contribution in [2.75, 3.05) is 0 Å². The fourth-order valence-electron chi connectivity index (χ4n) is 1.24. The van der Waals surface area contributed by atoms with Gasteiger partial charge < -0.3 is 4.74 Å². The van der Waals surface area contributed by atoms with Crippen molar-refractivity contribution in [3.05, 3.63) is 29.6 Å². The van der Waals surface area contributed by atoms with Gasteiger partial charge in [0.2, 0.25) is 0 Å². The predicted octanol–water partition coefficient (Wildman–Crippen LogP) is 1.67. The molecular weight excluding hydrogens is 126 g/mol. The highest BCUT2D eigenvalue weighted by molar-refractivity contribution is 5.27. The van der Waals surface area contributed by atoms with Crippen LogP contribution in [0.3, 0.4) is 0 Å². The molecule has 1 atom stereocenters. The van der Waals surface area contributed by atoms with Crippen LogP contribution in [0.5, 0.6) is 0 Å². The highest BCUT2D eigenvalue weighted by Gasteiger charge is 2.17. The van der Waals surface area contributed by atoms with Gasteiger partial charge in [-0.05, 0) is 18.6 Å². The Kier molecular flexibility index (Phi) is 1.21. The van der Waals surface area contributed by atoms with Crippen molar-refractivity contribution in [2.45, 2.75) is 19.6 Å². The van der Waals surface area contributed by atoms with E-state index in [0.29, 0.717) is 0 Å². The van der Waals surface area contributed by atoms with Crippen LogP contribution in [0.1, 0.15) is 24.2 Å². The van der Waals surface area contributed by atoms with Crippen LogP contribution in [-0.2, 0) is 11.3 Å². The SMILES string of the molecule is C[C@H]1OCc2ccncc21. The van der Waals surface area contributed by atoms with E-state index in [1.54, 1.807) is 6.20 Å². The van der Waals surface area contributed by atoms with Gasteiger partial charge in [0.25, 0.3) is 0 Å². The average molecular weight is 135 g/mol. The van der Waals surface area contributed by atoms with Crippen LogP contribution in [0.2, 0.25) is 0 Å². The summed E-state index contributed by atoms with van der Waals surface area (Å²) < 4.78 is 5.38. The number of aromatic nitrogens is 1. The Balaban J connectivity index is 2.51. The van der Waals surface area contributed by atoms with E-state index in [2.05, 4.69) is 4.98 Å². The van der Waals surface area contributed by atoms with Crippen LogP contribution in [0.4, 0.5) is 0 Å². The molecule has 52 valence electrons. The summed E-state index contributed by atoms with van der Waals surface area (Å²) in [5.41, 5.74) is 2.52. The van der Waals surface area contributed by atoms with Crippen molar-refractivity contribution < 1.29 is 4.74 Å². The van der Waals surface area contributed by atoms with Crippen LogP contribution in [-0.4, -0.2) is 4.98 Å². The zero-order valence-corrected chi connectivity index (χ0v) is 5.87. The minimum atomic E-state index is 0.240. The van der Waals surface area contributed by atoms with Crippen LogP contribution in [0.15, 0.2) is 18.5 Å². The third kappa shape index (κ3) is 0.727. The molecule has 1 aromatic rings. The van der Waals surface area contributed by atoms with Crippen molar-refractivity contribution in [3.63, 3.8) is 0 Å². The molecule has 2 rings (SSSR count). The first kappa shape index (κ1) is 5.86. The molecule has 0 saturated heterocycles. The summed E-state index contributed by atoms with van der Waals surface area (Å²) in [4.78, 5) is 4.03. The molecule has 0 aromatic carbocycles. The fourth-order valence-corrected chi connectivity index (χ4v) is 1.24. The van der Waals surface area contributed by atoms with Gasteiger partial charge in [0.15, 0.2) is 0 Å². The Labute approximate surface area is 59.9 Å². The highest BCUT2D eigenvalue weighted by atomic mass is 16.5. The van der Waals surface area contributed by atoms with Crippen molar-refractivity contribution in [1.82, 2.24) is 4.98 Å². The maximum absolute atomic E-state index is 5.38.